The smallest absolute Gasteiger partial charge is 0.326 e. The van der Waals surface area contributed by atoms with Gasteiger partial charge in [-0.15, -0.1) is 0 Å². The number of carboxylic acid groups (broad SMARTS) is 5. The van der Waals surface area contributed by atoms with E-state index in [9.17, 15) is 92.0 Å². The van der Waals surface area contributed by atoms with Crippen LogP contribution in [0, 0.1) is 23.7 Å². The summed E-state index contributed by atoms with van der Waals surface area (Å²) < 4.78 is 43.5. The lowest BCUT2D eigenvalue weighted by Gasteiger charge is -2.28. The van der Waals surface area contributed by atoms with E-state index in [-0.39, 0.29) is 249 Å². The number of carbonyl (C=O) groups excluding carboxylic acids is 11. The van der Waals surface area contributed by atoms with E-state index in [1.165, 1.54) is 128 Å². The van der Waals surface area contributed by atoms with E-state index >= 15 is 0 Å². The van der Waals surface area contributed by atoms with Crippen molar-refractivity contribution in [1.82, 2.24) is 63.6 Å². The molecule has 144 heavy (non-hydrogen) atoms. The first-order valence-electron chi connectivity index (χ1n) is 54.0. The summed E-state index contributed by atoms with van der Waals surface area (Å²) >= 11 is 0. The molecule has 17 N–H and O–H groups in total. The monoisotopic (exact) mass is 2070 g/mol. The highest BCUT2D eigenvalue weighted by molar-refractivity contribution is 7.13. The van der Waals surface area contributed by atoms with Crippen molar-refractivity contribution in [2.24, 2.45) is 23.7 Å². The van der Waals surface area contributed by atoms with Gasteiger partial charge in [-0.3, -0.25) is 72.2 Å². The van der Waals surface area contributed by atoms with Gasteiger partial charge in [0.25, 0.3) is 0 Å². The summed E-state index contributed by atoms with van der Waals surface area (Å²) in [6, 6.07) is -4.18. The van der Waals surface area contributed by atoms with Gasteiger partial charge < -0.3 is 122 Å². The fourth-order valence-corrected chi connectivity index (χ4v) is 17.2. The van der Waals surface area contributed by atoms with Crippen molar-refractivity contribution in [2.45, 2.75) is 371 Å². The van der Waals surface area contributed by atoms with Crippen LogP contribution in [0.15, 0.2) is 0 Å². The van der Waals surface area contributed by atoms with E-state index in [2.05, 4.69) is 73.0 Å². The molecule has 0 saturated heterocycles. The van der Waals surface area contributed by atoms with Gasteiger partial charge in [0.1, 0.15) is 50.6 Å². The minimum atomic E-state index is -1.24. The molecule has 0 heterocycles. The molecule has 5 atom stereocenters. The summed E-state index contributed by atoms with van der Waals surface area (Å²) in [5.41, 5.74) is 0. The number of ether oxygens (including phenoxy) is 8. The van der Waals surface area contributed by atoms with Crippen LogP contribution in [-0.2, 0) is 115 Å². The first-order chi connectivity index (χ1) is 69.8. The Kier molecular flexibility index (Phi) is 84.1. The second kappa shape index (κ2) is 92.0. The zero-order valence-corrected chi connectivity index (χ0v) is 87.5. The van der Waals surface area contributed by atoms with Gasteiger partial charge in [0.05, 0.1) is 79.3 Å². The van der Waals surface area contributed by atoms with E-state index in [4.69, 9.17) is 48.1 Å². The Morgan fingerprint density at radius 1 is 0.229 bits per heavy atom. The standard InChI is InChI=1S/C102H183N12O29P/c115-87(39-29-25-21-17-13-9-5-1-3-7-11-15-19-23-27-31-41-95(123)124)109-73-79-43-47-81(48-44-79)97(127)112-84(100(130)131)51-53-89(117)104-57-61-136-65-70-141-76-92(120)106-59-63-138-67-69-140-75-91(119)103-55-35-33-37-83(99(129)108-56-36-34-38-86(114-144)102(134)135)111-94(122)78-143-72-68-139-64-60-107-93(121)77-142-71-66-137-62-58-105-90(118)54-52-85(101(132)133)113-98(128)82-49-45-80(46-50-82)74-110-88(116)40-30-26-22-18-14-10-6-2-4-8-12-16-20-24-28-32-42-96(125)126/h79-86,114H,1-78,144H2,(H,103,119)(H,104,117)(H,105,118)(H,106,120)(H,107,121)(H,108,129)(H,109,115)(H,110,116)(H,111,122)(H,112,127)(H,113,128)(H,123,124)(H,125,126)(H,130,131)(H,132,133)(H,134,135)/t79?,80?,81?,82?,83-,84-,85-,86-/m0/s1. The van der Waals surface area contributed by atoms with Gasteiger partial charge in [-0.25, -0.2) is 9.59 Å². The summed E-state index contributed by atoms with van der Waals surface area (Å²) in [6.07, 6.45) is 45.6. The predicted octanol–water partition coefficient (Wildman–Crippen LogP) is 9.23. The van der Waals surface area contributed by atoms with E-state index in [0.717, 1.165) is 103 Å². The molecule has 830 valence electrons. The first-order valence-corrected chi connectivity index (χ1v) is 54.6. The van der Waals surface area contributed by atoms with Crippen molar-refractivity contribution in [1.29, 1.82) is 0 Å². The zero-order valence-electron chi connectivity index (χ0n) is 86.4. The number of aliphatic carboxylic acids is 5. The highest BCUT2D eigenvalue weighted by Gasteiger charge is 2.33. The quantitative estimate of drug-likeness (QED) is 0.0199. The lowest BCUT2D eigenvalue weighted by atomic mass is 9.81. The average molecular weight is 2070 g/mol. The molecular weight excluding hydrogens is 1890 g/mol. The van der Waals surface area contributed by atoms with Crippen LogP contribution in [0.25, 0.3) is 0 Å². The zero-order chi connectivity index (χ0) is 105. The molecule has 0 aromatic rings. The molecule has 0 aromatic heterocycles. The molecule has 2 fully saturated rings. The minimum Gasteiger partial charge on any atom is -0.481 e. The highest BCUT2D eigenvalue weighted by atomic mass is 31.0. The number of rotatable bonds is 100. The average Bonchev–Trinajstić information content (AvgIpc) is 0.871. The Morgan fingerprint density at radius 2 is 0.486 bits per heavy atom. The van der Waals surface area contributed by atoms with Crippen molar-refractivity contribution in [3.63, 3.8) is 0 Å². The predicted molar refractivity (Wildman–Crippen MR) is 545 cm³/mol. The van der Waals surface area contributed by atoms with Gasteiger partial charge in [0.2, 0.25) is 65.0 Å². The third-order valence-corrected chi connectivity index (χ3v) is 26.0. The molecule has 0 aliphatic heterocycles. The highest BCUT2D eigenvalue weighted by Crippen LogP contribution is 2.31. The molecule has 0 spiro atoms. The number of unbranched alkanes of at least 4 members (excludes halogenated alkanes) is 32. The lowest BCUT2D eigenvalue weighted by molar-refractivity contribution is -0.143. The van der Waals surface area contributed by atoms with Crippen LogP contribution in [-0.4, -0.2) is 303 Å². The summed E-state index contributed by atoms with van der Waals surface area (Å²) in [7, 11) is 2.18. The molecule has 0 aromatic carbocycles. The number of nitrogens with one attached hydrogen (secondary N) is 12. The van der Waals surface area contributed by atoms with Crippen molar-refractivity contribution >= 4 is 104 Å². The van der Waals surface area contributed by atoms with Crippen molar-refractivity contribution < 1.29 is 140 Å². The maximum atomic E-state index is 13.3. The van der Waals surface area contributed by atoms with Gasteiger partial charge >= 0.3 is 29.8 Å². The number of amides is 11. The van der Waals surface area contributed by atoms with E-state index in [0.29, 0.717) is 83.7 Å². The molecular formula is C102H183N12O29P. The van der Waals surface area contributed by atoms with Gasteiger partial charge in [-0.2, -0.15) is 0 Å². The van der Waals surface area contributed by atoms with Gasteiger partial charge in [-0.05, 0) is 140 Å². The number of carbonyl (C=O) groups is 16. The number of hydrogen-bond donors (Lipinski definition) is 17. The summed E-state index contributed by atoms with van der Waals surface area (Å²) in [5.74, 6) is -8.71. The maximum Gasteiger partial charge on any atom is 0.326 e. The molecule has 0 radical (unpaired) electrons. The van der Waals surface area contributed by atoms with Crippen LogP contribution in [0.3, 0.4) is 0 Å². The summed E-state index contributed by atoms with van der Waals surface area (Å²) in [4.78, 5) is 196. The van der Waals surface area contributed by atoms with E-state index in [1.807, 2.05) is 0 Å². The number of hydrogen-bond acceptors (Lipinski definition) is 25. The molecule has 0 bridgehead atoms. The molecule has 2 aliphatic carbocycles. The van der Waals surface area contributed by atoms with Crippen molar-refractivity contribution in [3.05, 3.63) is 0 Å². The maximum absolute atomic E-state index is 13.3. The number of carboxylic acids is 5. The van der Waals surface area contributed by atoms with Gasteiger partial charge in [0.15, 0.2) is 0 Å². The fraction of sp³-hybridized carbons (Fsp3) is 0.843. The Balaban J connectivity index is 1.46. The third kappa shape index (κ3) is 79.8. The van der Waals surface area contributed by atoms with Crippen LogP contribution < -0.4 is 63.6 Å². The minimum absolute atomic E-state index is 0.0186. The normalized spacial score (nSPS) is 15.3. The van der Waals surface area contributed by atoms with Crippen molar-refractivity contribution in [2.75, 3.05) is 158 Å². The Hall–Kier alpha value is -8.41. The largest absolute Gasteiger partial charge is 0.481 e. The van der Waals surface area contributed by atoms with Crippen LogP contribution in [0.4, 0.5) is 0 Å². The van der Waals surface area contributed by atoms with Gasteiger partial charge in [0, 0.05) is 103 Å². The molecule has 11 amide bonds. The van der Waals surface area contributed by atoms with Gasteiger partial charge in [-0.1, -0.05) is 189 Å². The van der Waals surface area contributed by atoms with Crippen LogP contribution in [0.2, 0.25) is 0 Å². The fourth-order valence-electron chi connectivity index (χ4n) is 16.9. The van der Waals surface area contributed by atoms with Crippen LogP contribution in [0.5, 0.6) is 0 Å². The van der Waals surface area contributed by atoms with Crippen molar-refractivity contribution in [3.8, 4) is 0 Å². The van der Waals surface area contributed by atoms with Crippen LogP contribution in [0.1, 0.15) is 347 Å². The van der Waals surface area contributed by atoms with E-state index in [1.54, 1.807) is 0 Å². The van der Waals surface area contributed by atoms with Crippen LogP contribution >= 0.6 is 9.39 Å². The summed E-state index contributed by atoms with van der Waals surface area (Å²) in [5, 5.41) is 79.3. The second-order valence-corrected chi connectivity index (χ2v) is 38.2. The Morgan fingerprint density at radius 3 is 0.785 bits per heavy atom. The lowest BCUT2D eigenvalue weighted by Crippen LogP contribution is -2.48. The van der Waals surface area contributed by atoms with E-state index < -0.39 is 83.5 Å². The molecule has 41 nitrogen and oxygen atoms in total. The SMILES string of the molecule is O=C(O)CCCCCCCCCCCCCCCCCCC(=O)NCC1CCC(C(=O)N[C@@H](CCC(=O)NCCOCCOCC(=O)NCCOCCOCC(=O)NCCCC[C@H](NC(=O)COCCOCCNC(=O)COCCOCCNC(=O)CC[C@H](NC(=O)C2CCC(CNC(=O)CCCCCCCCCCCCCCCCCCC(=O)O)CC2)C(=O)O)C(=O)NCCCC[C@H](NP)C(=O)O)C(=O)O)CC1. The molecule has 2 rings (SSSR count). The molecule has 2 aliphatic rings. The Bertz CT molecular complexity index is 3470. The second-order valence-electron chi connectivity index (χ2n) is 37.9. The topological polar surface area (TPSA) is 592 Å². The molecule has 1 unspecified atom stereocenters. The molecule has 2 saturated carbocycles. The Labute approximate surface area is 856 Å². The summed E-state index contributed by atoms with van der Waals surface area (Å²) in [6.45, 7) is 2.41. The molecule has 42 heteroatoms. The third-order valence-electron chi connectivity index (χ3n) is 25.6. The first kappa shape index (κ1) is 132.